The number of carbonyl (C=O) groups is 1. The number of hydrogen-bond donors (Lipinski definition) is 2. The van der Waals surface area contributed by atoms with Crippen molar-refractivity contribution in [3.63, 3.8) is 0 Å². The van der Waals surface area contributed by atoms with Crippen molar-refractivity contribution in [2.45, 2.75) is 26.2 Å². The number of terminal acetylenes is 1. The monoisotopic (exact) mass is 446 g/mol. The van der Waals surface area contributed by atoms with E-state index in [2.05, 4.69) is 32.6 Å². The first-order valence-corrected chi connectivity index (χ1v) is 11.1. The molecule has 0 aliphatic carbocycles. The van der Waals surface area contributed by atoms with Crippen LogP contribution in [0.15, 0.2) is 85.2 Å². The van der Waals surface area contributed by atoms with Gasteiger partial charge in [0.2, 0.25) is 0 Å². The summed E-state index contributed by atoms with van der Waals surface area (Å²) in [5.74, 6) is 2.97. The van der Waals surface area contributed by atoms with Crippen molar-refractivity contribution >= 4 is 23.1 Å². The third kappa shape index (κ3) is 5.67. The zero-order valence-electron chi connectivity index (χ0n) is 19.2. The fraction of sp³-hybridized carbons (Fsp3) is 0.138. The van der Waals surface area contributed by atoms with Crippen molar-refractivity contribution in [3.05, 3.63) is 113 Å². The number of amides is 1. The second-order valence-electron chi connectivity index (χ2n) is 8.23. The van der Waals surface area contributed by atoms with Gasteiger partial charge in [0, 0.05) is 23.8 Å². The number of anilines is 3. The minimum atomic E-state index is -0.367. The van der Waals surface area contributed by atoms with E-state index in [0.717, 1.165) is 33.9 Å². The summed E-state index contributed by atoms with van der Waals surface area (Å²) in [5, 5.41) is 6.29. The number of nitrogens with zero attached hydrogens (tertiary/aromatic N) is 2. The smallest absolute Gasteiger partial charge is 0.257 e. The standard InChI is InChI=1S/C29H26N4O/c1-4-23(18-22-12-14-30-27(19-22)32-24-9-6-5-7-10-24)28-26(11-8-13-31-28)29(34)33-25-16-20(2)15-21(3)17-25/h1,5-17,19,23H,18H2,2-3H3,(H,30,32)(H,33,34). The van der Waals surface area contributed by atoms with Gasteiger partial charge in [-0.05, 0) is 85.5 Å². The highest BCUT2D eigenvalue weighted by molar-refractivity contribution is 6.05. The van der Waals surface area contributed by atoms with E-state index in [9.17, 15) is 4.79 Å². The quantitative estimate of drug-likeness (QED) is 0.339. The normalized spacial score (nSPS) is 11.3. The van der Waals surface area contributed by atoms with Gasteiger partial charge in [0.15, 0.2) is 0 Å². The molecule has 4 rings (SSSR count). The molecule has 0 fully saturated rings. The maximum absolute atomic E-state index is 13.1. The first kappa shape index (κ1) is 22.8. The van der Waals surface area contributed by atoms with Gasteiger partial charge in [0.1, 0.15) is 5.82 Å². The van der Waals surface area contributed by atoms with Gasteiger partial charge in [-0.3, -0.25) is 9.78 Å². The number of carbonyl (C=O) groups excluding carboxylic acids is 1. The highest BCUT2D eigenvalue weighted by Gasteiger charge is 2.20. The van der Waals surface area contributed by atoms with Gasteiger partial charge < -0.3 is 10.6 Å². The number of benzene rings is 2. The van der Waals surface area contributed by atoms with Crippen LogP contribution in [-0.2, 0) is 6.42 Å². The van der Waals surface area contributed by atoms with E-state index in [1.807, 2.05) is 68.4 Å². The van der Waals surface area contributed by atoms with Crippen molar-refractivity contribution in [2.24, 2.45) is 0 Å². The fourth-order valence-electron chi connectivity index (χ4n) is 3.94. The van der Waals surface area contributed by atoms with E-state index in [1.54, 1.807) is 24.5 Å². The van der Waals surface area contributed by atoms with E-state index in [4.69, 9.17) is 6.42 Å². The van der Waals surface area contributed by atoms with E-state index in [-0.39, 0.29) is 11.8 Å². The molecule has 5 nitrogen and oxygen atoms in total. The summed E-state index contributed by atoms with van der Waals surface area (Å²) in [5.41, 5.74) is 5.93. The molecule has 0 saturated carbocycles. The molecular weight excluding hydrogens is 420 g/mol. The number of nitrogens with one attached hydrogen (secondary N) is 2. The average molecular weight is 447 g/mol. The molecule has 34 heavy (non-hydrogen) atoms. The Kier molecular flexibility index (Phi) is 7.00. The van der Waals surface area contributed by atoms with Crippen LogP contribution in [-0.4, -0.2) is 15.9 Å². The van der Waals surface area contributed by atoms with Gasteiger partial charge in [0.05, 0.1) is 17.2 Å². The van der Waals surface area contributed by atoms with Gasteiger partial charge >= 0.3 is 0 Å². The van der Waals surface area contributed by atoms with Crippen LogP contribution in [0, 0.1) is 26.2 Å². The Bertz CT molecular complexity index is 1320. The second kappa shape index (κ2) is 10.5. The van der Waals surface area contributed by atoms with E-state index in [1.165, 1.54) is 0 Å². The summed E-state index contributed by atoms with van der Waals surface area (Å²) in [6.07, 6.45) is 9.87. The molecule has 2 heterocycles. The third-order valence-corrected chi connectivity index (χ3v) is 5.40. The molecule has 0 spiro atoms. The SMILES string of the molecule is C#CC(Cc1ccnc(Nc2ccccc2)c1)c1ncccc1C(=O)Nc1cc(C)cc(C)c1. The zero-order chi connectivity index (χ0) is 23.9. The van der Waals surface area contributed by atoms with Gasteiger partial charge in [-0.25, -0.2) is 4.98 Å². The van der Waals surface area contributed by atoms with Crippen molar-refractivity contribution < 1.29 is 4.79 Å². The second-order valence-corrected chi connectivity index (χ2v) is 8.23. The minimum absolute atomic E-state index is 0.227. The lowest BCUT2D eigenvalue weighted by Gasteiger charge is -2.16. The summed E-state index contributed by atoms with van der Waals surface area (Å²) in [6, 6.07) is 23.2. The van der Waals surface area contributed by atoms with Gasteiger partial charge in [-0.15, -0.1) is 6.42 Å². The van der Waals surface area contributed by atoms with Crippen molar-refractivity contribution in [3.8, 4) is 12.3 Å². The molecule has 2 aromatic heterocycles. The molecule has 5 heteroatoms. The maximum Gasteiger partial charge on any atom is 0.257 e. The lowest BCUT2D eigenvalue weighted by atomic mass is 9.93. The summed E-state index contributed by atoms with van der Waals surface area (Å²) < 4.78 is 0. The number of rotatable bonds is 7. The lowest BCUT2D eigenvalue weighted by Crippen LogP contribution is -2.17. The predicted octanol–water partition coefficient (Wildman–Crippen LogP) is 6.05. The van der Waals surface area contributed by atoms with Crippen LogP contribution in [0.3, 0.4) is 0 Å². The molecule has 0 saturated heterocycles. The molecule has 0 bridgehead atoms. The molecular formula is C29H26N4O. The topological polar surface area (TPSA) is 66.9 Å². The minimum Gasteiger partial charge on any atom is -0.340 e. The molecule has 1 unspecified atom stereocenters. The molecule has 4 aromatic rings. The first-order valence-electron chi connectivity index (χ1n) is 11.1. The third-order valence-electron chi connectivity index (χ3n) is 5.40. The Morgan fingerprint density at radius 1 is 0.912 bits per heavy atom. The predicted molar refractivity (Wildman–Crippen MR) is 137 cm³/mol. The van der Waals surface area contributed by atoms with Gasteiger partial charge in [-0.1, -0.05) is 30.2 Å². The highest BCUT2D eigenvalue weighted by Crippen LogP contribution is 2.25. The first-order chi connectivity index (χ1) is 16.5. The Morgan fingerprint density at radius 3 is 2.41 bits per heavy atom. The number of aromatic nitrogens is 2. The van der Waals surface area contributed by atoms with Crippen molar-refractivity contribution in [1.82, 2.24) is 9.97 Å². The molecule has 0 radical (unpaired) electrons. The zero-order valence-corrected chi connectivity index (χ0v) is 19.2. The van der Waals surface area contributed by atoms with Crippen LogP contribution >= 0.6 is 0 Å². The molecule has 1 amide bonds. The molecule has 2 aromatic carbocycles. The molecule has 1 atom stereocenters. The Labute approximate surface area is 200 Å². The molecule has 168 valence electrons. The molecule has 0 aliphatic rings. The summed E-state index contributed by atoms with van der Waals surface area (Å²) in [7, 11) is 0. The van der Waals surface area contributed by atoms with Crippen LogP contribution in [0.2, 0.25) is 0 Å². The number of para-hydroxylation sites is 1. The lowest BCUT2D eigenvalue weighted by molar-refractivity contribution is 0.102. The largest absolute Gasteiger partial charge is 0.340 e. The summed E-state index contributed by atoms with van der Waals surface area (Å²) in [4.78, 5) is 22.1. The van der Waals surface area contributed by atoms with Crippen LogP contribution in [0.25, 0.3) is 0 Å². The number of pyridine rings is 2. The van der Waals surface area contributed by atoms with E-state index in [0.29, 0.717) is 17.7 Å². The van der Waals surface area contributed by atoms with E-state index < -0.39 is 0 Å². The van der Waals surface area contributed by atoms with Crippen LogP contribution in [0.5, 0.6) is 0 Å². The van der Waals surface area contributed by atoms with Crippen molar-refractivity contribution in [1.29, 1.82) is 0 Å². The van der Waals surface area contributed by atoms with Crippen LogP contribution < -0.4 is 10.6 Å². The number of aryl methyl sites for hydroxylation is 2. The Morgan fingerprint density at radius 2 is 1.68 bits per heavy atom. The fourth-order valence-corrected chi connectivity index (χ4v) is 3.94. The van der Waals surface area contributed by atoms with Crippen molar-refractivity contribution in [2.75, 3.05) is 10.6 Å². The Hall–Kier alpha value is -4.43. The molecule has 2 N–H and O–H groups in total. The Balaban J connectivity index is 1.55. The summed E-state index contributed by atoms with van der Waals surface area (Å²) in [6.45, 7) is 4.00. The van der Waals surface area contributed by atoms with E-state index >= 15 is 0 Å². The number of hydrogen-bond acceptors (Lipinski definition) is 4. The van der Waals surface area contributed by atoms with Gasteiger partial charge in [0.25, 0.3) is 5.91 Å². The maximum atomic E-state index is 13.1. The van der Waals surface area contributed by atoms with Gasteiger partial charge in [-0.2, -0.15) is 0 Å². The van der Waals surface area contributed by atoms with Crippen LogP contribution in [0.4, 0.5) is 17.2 Å². The highest BCUT2D eigenvalue weighted by atomic mass is 16.1. The average Bonchev–Trinajstić information content (AvgIpc) is 2.83. The van der Waals surface area contributed by atoms with Crippen LogP contribution in [0.1, 0.15) is 38.7 Å². The summed E-state index contributed by atoms with van der Waals surface area (Å²) >= 11 is 0. The molecule has 0 aliphatic heterocycles.